The molecule has 0 aromatic carbocycles. The lowest BCUT2D eigenvalue weighted by molar-refractivity contribution is -0.131. The van der Waals surface area contributed by atoms with E-state index in [9.17, 15) is 4.79 Å². The molecule has 1 N–H and O–H groups in total. The zero-order chi connectivity index (χ0) is 13.3. The zero-order valence-corrected chi connectivity index (χ0v) is 12.8. The first-order valence-electron chi connectivity index (χ1n) is 6.50. The lowest BCUT2D eigenvalue weighted by atomic mass is 10.2. The minimum atomic E-state index is 0.274. The standard InChI is InChI=1S/C13H28N2OS/c1-6-12(10-17-5)15(4)13(16)8-7-9-14-11(2)3/h11-12,14H,6-10H2,1-5H3. The van der Waals surface area contributed by atoms with Crippen molar-refractivity contribution in [2.24, 2.45) is 0 Å². The van der Waals surface area contributed by atoms with Gasteiger partial charge in [-0.2, -0.15) is 11.8 Å². The second-order valence-corrected chi connectivity index (χ2v) is 5.65. The van der Waals surface area contributed by atoms with E-state index in [0.717, 1.165) is 25.1 Å². The highest BCUT2D eigenvalue weighted by Crippen LogP contribution is 2.10. The van der Waals surface area contributed by atoms with Crippen molar-refractivity contribution >= 4 is 17.7 Å². The van der Waals surface area contributed by atoms with E-state index in [1.165, 1.54) is 0 Å². The van der Waals surface area contributed by atoms with Gasteiger partial charge in [0.2, 0.25) is 5.91 Å². The first-order chi connectivity index (χ1) is 8.02. The third-order valence-corrected chi connectivity index (χ3v) is 3.61. The van der Waals surface area contributed by atoms with Crippen LogP contribution >= 0.6 is 11.8 Å². The van der Waals surface area contributed by atoms with Gasteiger partial charge in [0, 0.05) is 31.3 Å². The molecule has 0 heterocycles. The van der Waals surface area contributed by atoms with Crippen molar-refractivity contribution in [3.05, 3.63) is 0 Å². The maximum Gasteiger partial charge on any atom is 0.222 e. The number of hydrogen-bond donors (Lipinski definition) is 1. The summed E-state index contributed by atoms with van der Waals surface area (Å²) in [5.41, 5.74) is 0. The molecule has 3 nitrogen and oxygen atoms in total. The van der Waals surface area contributed by atoms with Crippen molar-refractivity contribution < 1.29 is 4.79 Å². The van der Waals surface area contributed by atoms with Crippen LogP contribution in [0.3, 0.4) is 0 Å². The van der Waals surface area contributed by atoms with Crippen molar-refractivity contribution in [2.45, 2.75) is 52.1 Å². The molecule has 0 saturated carbocycles. The highest BCUT2D eigenvalue weighted by Gasteiger charge is 2.17. The Labute approximate surface area is 111 Å². The molecule has 0 radical (unpaired) electrons. The van der Waals surface area contributed by atoms with Gasteiger partial charge in [0.15, 0.2) is 0 Å². The second-order valence-electron chi connectivity index (χ2n) is 4.73. The van der Waals surface area contributed by atoms with E-state index in [1.54, 1.807) is 11.8 Å². The Kier molecular flexibility index (Phi) is 9.65. The van der Waals surface area contributed by atoms with Crippen molar-refractivity contribution in [1.82, 2.24) is 10.2 Å². The molecule has 102 valence electrons. The first-order valence-corrected chi connectivity index (χ1v) is 7.90. The fourth-order valence-electron chi connectivity index (χ4n) is 1.71. The maximum atomic E-state index is 12.0. The summed E-state index contributed by atoms with van der Waals surface area (Å²) >= 11 is 1.81. The number of carbonyl (C=O) groups is 1. The van der Waals surface area contributed by atoms with Crippen molar-refractivity contribution in [3.8, 4) is 0 Å². The molecular weight excluding hydrogens is 232 g/mol. The molecule has 1 atom stereocenters. The molecule has 17 heavy (non-hydrogen) atoms. The van der Waals surface area contributed by atoms with Crippen LogP contribution in [0.2, 0.25) is 0 Å². The highest BCUT2D eigenvalue weighted by atomic mass is 32.2. The molecule has 0 aromatic heterocycles. The van der Waals surface area contributed by atoms with Gasteiger partial charge in [0.05, 0.1) is 0 Å². The topological polar surface area (TPSA) is 32.3 Å². The predicted octanol–water partition coefficient (Wildman–Crippen LogP) is 2.36. The first kappa shape index (κ1) is 16.8. The molecule has 0 aromatic rings. The van der Waals surface area contributed by atoms with Crippen LogP contribution in [0.25, 0.3) is 0 Å². The van der Waals surface area contributed by atoms with Gasteiger partial charge < -0.3 is 10.2 Å². The molecule has 0 saturated heterocycles. The Hall–Kier alpha value is -0.220. The summed E-state index contributed by atoms with van der Waals surface area (Å²) in [5.74, 6) is 1.31. The van der Waals surface area contributed by atoms with Crippen molar-refractivity contribution in [2.75, 3.05) is 25.6 Å². The number of carbonyl (C=O) groups excluding carboxylic acids is 1. The van der Waals surface area contributed by atoms with Crippen LogP contribution in [0.5, 0.6) is 0 Å². The molecule has 4 heteroatoms. The number of amides is 1. The van der Waals surface area contributed by atoms with E-state index < -0.39 is 0 Å². The minimum Gasteiger partial charge on any atom is -0.342 e. The maximum absolute atomic E-state index is 12.0. The van der Waals surface area contributed by atoms with Gasteiger partial charge in [0.1, 0.15) is 0 Å². The van der Waals surface area contributed by atoms with Gasteiger partial charge in [-0.25, -0.2) is 0 Å². The van der Waals surface area contributed by atoms with Crippen LogP contribution in [0, 0.1) is 0 Å². The highest BCUT2D eigenvalue weighted by molar-refractivity contribution is 7.98. The van der Waals surface area contributed by atoms with Crippen molar-refractivity contribution in [3.63, 3.8) is 0 Å². The van der Waals surface area contributed by atoms with Gasteiger partial charge in [-0.1, -0.05) is 20.8 Å². The fraction of sp³-hybridized carbons (Fsp3) is 0.923. The normalized spacial score (nSPS) is 12.8. The van der Waals surface area contributed by atoms with E-state index in [-0.39, 0.29) is 5.91 Å². The molecule has 0 bridgehead atoms. The number of nitrogens with zero attached hydrogens (tertiary/aromatic N) is 1. The van der Waals surface area contributed by atoms with Crippen LogP contribution in [0.1, 0.15) is 40.0 Å². The monoisotopic (exact) mass is 260 g/mol. The molecule has 0 spiro atoms. The molecule has 0 aliphatic rings. The zero-order valence-electron chi connectivity index (χ0n) is 12.0. The van der Waals surface area contributed by atoms with E-state index in [2.05, 4.69) is 32.3 Å². The molecule has 0 aliphatic heterocycles. The Morgan fingerprint density at radius 3 is 2.53 bits per heavy atom. The summed E-state index contributed by atoms with van der Waals surface area (Å²) in [6, 6.07) is 0.887. The average Bonchev–Trinajstić information content (AvgIpc) is 2.30. The van der Waals surface area contributed by atoms with E-state index >= 15 is 0 Å². The Morgan fingerprint density at radius 1 is 1.41 bits per heavy atom. The van der Waals surface area contributed by atoms with Crippen molar-refractivity contribution in [1.29, 1.82) is 0 Å². The van der Waals surface area contributed by atoms with Crippen LogP contribution in [0.15, 0.2) is 0 Å². The third-order valence-electron chi connectivity index (χ3n) is 2.89. The molecule has 0 aliphatic carbocycles. The summed E-state index contributed by atoms with van der Waals surface area (Å²) < 4.78 is 0. The average molecular weight is 260 g/mol. The van der Waals surface area contributed by atoms with Crippen LogP contribution < -0.4 is 5.32 Å². The van der Waals surface area contributed by atoms with Crippen LogP contribution in [-0.2, 0) is 4.79 Å². The Bertz CT molecular complexity index is 210. The Balaban J connectivity index is 3.87. The summed E-state index contributed by atoms with van der Waals surface area (Å²) in [7, 11) is 1.93. The van der Waals surface area contributed by atoms with Crippen LogP contribution in [0.4, 0.5) is 0 Å². The smallest absolute Gasteiger partial charge is 0.222 e. The lowest BCUT2D eigenvalue weighted by Gasteiger charge is -2.27. The molecular formula is C13H28N2OS. The van der Waals surface area contributed by atoms with Gasteiger partial charge in [-0.15, -0.1) is 0 Å². The third kappa shape index (κ3) is 7.66. The predicted molar refractivity (Wildman–Crippen MR) is 77.6 cm³/mol. The lowest BCUT2D eigenvalue weighted by Crippen LogP contribution is -2.38. The number of nitrogens with one attached hydrogen (secondary N) is 1. The minimum absolute atomic E-state index is 0.274. The second kappa shape index (κ2) is 9.77. The van der Waals surface area contributed by atoms with E-state index in [1.807, 2.05) is 11.9 Å². The summed E-state index contributed by atoms with van der Waals surface area (Å²) in [6.07, 6.45) is 4.71. The number of thioether (sulfide) groups is 1. The summed E-state index contributed by atoms with van der Waals surface area (Å²) in [6.45, 7) is 7.32. The fourth-order valence-corrected chi connectivity index (χ4v) is 2.55. The van der Waals surface area contributed by atoms with Gasteiger partial charge in [0.25, 0.3) is 0 Å². The van der Waals surface area contributed by atoms with Crippen LogP contribution in [-0.4, -0.2) is 48.5 Å². The van der Waals surface area contributed by atoms with E-state index in [0.29, 0.717) is 18.5 Å². The molecule has 0 fully saturated rings. The van der Waals surface area contributed by atoms with Gasteiger partial charge in [-0.3, -0.25) is 4.79 Å². The molecule has 1 unspecified atom stereocenters. The Morgan fingerprint density at radius 2 is 2.06 bits per heavy atom. The van der Waals surface area contributed by atoms with Gasteiger partial charge >= 0.3 is 0 Å². The SMILES string of the molecule is CCC(CSC)N(C)C(=O)CCCNC(C)C. The molecule has 0 rings (SSSR count). The number of rotatable bonds is 9. The van der Waals surface area contributed by atoms with E-state index in [4.69, 9.17) is 0 Å². The van der Waals surface area contributed by atoms with Gasteiger partial charge in [-0.05, 0) is 25.6 Å². The largest absolute Gasteiger partial charge is 0.342 e. The molecule has 1 amide bonds. The summed E-state index contributed by atoms with van der Waals surface area (Å²) in [4.78, 5) is 13.9. The quantitative estimate of drug-likeness (QED) is 0.646. The summed E-state index contributed by atoms with van der Waals surface area (Å²) in [5, 5.41) is 3.33. The number of hydrogen-bond acceptors (Lipinski definition) is 3.